The van der Waals surface area contributed by atoms with Crippen molar-refractivity contribution >= 4 is 5.91 Å². The molecule has 0 spiro atoms. The lowest BCUT2D eigenvalue weighted by Crippen LogP contribution is -2.43. The van der Waals surface area contributed by atoms with Crippen molar-refractivity contribution in [3.63, 3.8) is 0 Å². The van der Waals surface area contributed by atoms with Crippen LogP contribution in [-0.2, 0) is 4.74 Å². The molecule has 21 heavy (non-hydrogen) atoms. The summed E-state index contributed by atoms with van der Waals surface area (Å²) in [6.07, 6.45) is 4.88. The molecular formula is C14H17N5O2. The van der Waals surface area contributed by atoms with Gasteiger partial charge < -0.3 is 9.64 Å². The SMILES string of the molecule is Cc1ncc(C(=O)N2CCOC[C@H]2c2[nH]ncc2C)cn1. The third-order valence-corrected chi connectivity index (χ3v) is 3.62. The molecule has 0 unspecified atom stereocenters. The molecule has 1 saturated heterocycles. The molecule has 1 atom stereocenters. The Labute approximate surface area is 122 Å². The topological polar surface area (TPSA) is 84.0 Å². The van der Waals surface area contributed by atoms with Gasteiger partial charge in [-0.25, -0.2) is 9.97 Å². The van der Waals surface area contributed by atoms with Crippen LogP contribution in [0.3, 0.4) is 0 Å². The lowest BCUT2D eigenvalue weighted by Gasteiger charge is -2.35. The smallest absolute Gasteiger partial charge is 0.257 e. The number of amides is 1. The van der Waals surface area contributed by atoms with Gasteiger partial charge in [-0.05, 0) is 19.4 Å². The van der Waals surface area contributed by atoms with Gasteiger partial charge in [0.05, 0.1) is 36.7 Å². The molecule has 1 fully saturated rings. The Balaban J connectivity index is 1.89. The lowest BCUT2D eigenvalue weighted by molar-refractivity contribution is -0.00412. The molecule has 7 nitrogen and oxygen atoms in total. The maximum Gasteiger partial charge on any atom is 0.257 e. The highest BCUT2D eigenvalue weighted by molar-refractivity contribution is 5.94. The van der Waals surface area contributed by atoms with E-state index in [4.69, 9.17) is 4.74 Å². The molecule has 2 aromatic heterocycles. The maximum atomic E-state index is 12.7. The monoisotopic (exact) mass is 287 g/mol. The number of ether oxygens (including phenoxy) is 1. The van der Waals surface area contributed by atoms with Gasteiger partial charge in [0.1, 0.15) is 5.82 Å². The van der Waals surface area contributed by atoms with Gasteiger partial charge in [0.2, 0.25) is 0 Å². The largest absolute Gasteiger partial charge is 0.377 e. The minimum atomic E-state index is -0.157. The summed E-state index contributed by atoms with van der Waals surface area (Å²) in [7, 11) is 0. The molecule has 0 radical (unpaired) electrons. The quantitative estimate of drug-likeness (QED) is 0.892. The Bertz CT molecular complexity index is 637. The van der Waals surface area contributed by atoms with Gasteiger partial charge in [-0.1, -0.05) is 0 Å². The summed E-state index contributed by atoms with van der Waals surface area (Å²) in [6, 6.07) is -0.157. The van der Waals surface area contributed by atoms with Crippen molar-refractivity contribution in [2.24, 2.45) is 0 Å². The Hall–Kier alpha value is -2.28. The summed E-state index contributed by atoms with van der Waals surface area (Å²) >= 11 is 0. The number of nitrogens with zero attached hydrogens (tertiary/aromatic N) is 4. The molecule has 3 rings (SSSR count). The van der Waals surface area contributed by atoms with Gasteiger partial charge in [-0.3, -0.25) is 9.89 Å². The van der Waals surface area contributed by atoms with Crippen LogP contribution in [-0.4, -0.2) is 50.7 Å². The highest BCUT2D eigenvalue weighted by Gasteiger charge is 2.31. The first-order valence-electron chi connectivity index (χ1n) is 6.84. The van der Waals surface area contributed by atoms with Crippen molar-refractivity contribution in [2.75, 3.05) is 19.8 Å². The highest BCUT2D eigenvalue weighted by Crippen LogP contribution is 2.26. The van der Waals surface area contributed by atoms with E-state index in [2.05, 4.69) is 20.2 Å². The average Bonchev–Trinajstić information content (AvgIpc) is 2.93. The zero-order chi connectivity index (χ0) is 14.8. The van der Waals surface area contributed by atoms with Gasteiger partial charge in [0.25, 0.3) is 5.91 Å². The van der Waals surface area contributed by atoms with Crippen LogP contribution in [0.15, 0.2) is 18.6 Å². The number of aromatic nitrogens is 4. The molecule has 1 amide bonds. The van der Waals surface area contributed by atoms with Gasteiger partial charge in [0.15, 0.2) is 0 Å². The highest BCUT2D eigenvalue weighted by atomic mass is 16.5. The Morgan fingerprint density at radius 1 is 1.33 bits per heavy atom. The maximum absolute atomic E-state index is 12.7. The van der Waals surface area contributed by atoms with Crippen LogP contribution in [0.4, 0.5) is 0 Å². The van der Waals surface area contributed by atoms with Gasteiger partial charge in [-0.2, -0.15) is 5.10 Å². The summed E-state index contributed by atoms with van der Waals surface area (Å²) in [4.78, 5) is 22.7. The minimum Gasteiger partial charge on any atom is -0.377 e. The van der Waals surface area contributed by atoms with E-state index in [0.717, 1.165) is 11.3 Å². The number of nitrogens with one attached hydrogen (secondary N) is 1. The van der Waals surface area contributed by atoms with Crippen LogP contribution >= 0.6 is 0 Å². The standard InChI is InChI=1S/C14H17N5O2/c1-9-5-17-18-13(9)12-8-21-4-3-19(12)14(20)11-6-15-10(2)16-7-11/h5-7,12H,3-4,8H2,1-2H3,(H,17,18)/t12-/m0/s1. The molecule has 110 valence electrons. The molecule has 1 aliphatic rings. The number of hydrogen-bond acceptors (Lipinski definition) is 5. The number of carbonyl (C=O) groups is 1. The lowest BCUT2D eigenvalue weighted by atomic mass is 10.1. The fourth-order valence-corrected chi connectivity index (χ4v) is 2.45. The Kier molecular flexibility index (Phi) is 3.66. The number of aryl methyl sites for hydroxylation is 2. The zero-order valence-corrected chi connectivity index (χ0v) is 12.0. The molecule has 0 saturated carbocycles. The number of H-pyrrole nitrogens is 1. The van der Waals surface area contributed by atoms with E-state index < -0.39 is 0 Å². The molecular weight excluding hydrogens is 270 g/mol. The number of morpholine rings is 1. The molecule has 1 aliphatic heterocycles. The van der Waals surface area contributed by atoms with Crippen molar-refractivity contribution in [1.29, 1.82) is 0 Å². The second kappa shape index (κ2) is 5.61. The predicted octanol–water partition coefficient (Wildman–Crippen LogP) is 1.03. The van der Waals surface area contributed by atoms with E-state index in [0.29, 0.717) is 31.1 Å². The van der Waals surface area contributed by atoms with Crippen LogP contribution in [0.5, 0.6) is 0 Å². The summed E-state index contributed by atoms with van der Waals surface area (Å²) in [5.41, 5.74) is 2.42. The summed E-state index contributed by atoms with van der Waals surface area (Å²) in [5, 5.41) is 7.00. The molecule has 1 N–H and O–H groups in total. The molecule has 0 aliphatic carbocycles. The van der Waals surface area contributed by atoms with Crippen molar-refractivity contribution in [2.45, 2.75) is 19.9 Å². The fraction of sp³-hybridized carbons (Fsp3) is 0.429. The second-order valence-corrected chi connectivity index (χ2v) is 5.07. The minimum absolute atomic E-state index is 0.0858. The van der Waals surface area contributed by atoms with Crippen LogP contribution in [0, 0.1) is 13.8 Å². The van der Waals surface area contributed by atoms with E-state index in [1.165, 1.54) is 0 Å². The van der Waals surface area contributed by atoms with E-state index in [1.54, 1.807) is 30.4 Å². The Morgan fingerprint density at radius 3 is 2.76 bits per heavy atom. The van der Waals surface area contributed by atoms with Crippen molar-refractivity contribution < 1.29 is 9.53 Å². The van der Waals surface area contributed by atoms with Crippen molar-refractivity contribution in [3.8, 4) is 0 Å². The predicted molar refractivity (Wildman–Crippen MR) is 74.7 cm³/mol. The van der Waals surface area contributed by atoms with Crippen LogP contribution in [0.1, 0.15) is 33.5 Å². The molecule has 0 bridgehead atoms. The van der Waals surface area contributed by atoms with Gasteiger partial charge >= 0.3 is 0 Å². The first kappa shape index (κ1) is 13.7. The fourth-order valence-electron chi connectivity index (χ4n) is 2.45. The van der Waals surface area contributed by atoms with E-state index in [9.17, 15) is 4.79 Å². The van der Waals surface area contributed by atoms with Gasteiger partial charge in [-0.15, -0.1) is 0 Å². The molecule has 0 aromatic carbocycles. The Morgan fingerprint density at radius 2 is 2.10 bits per heavy atom. The van der Waals surface area contributed by atoms with E-state index in [-0.39, 0.29) is 11.9 Å². The third-order valence-electron chi connectivity index (χ3n) is 3.62. The second-order valence-electron chi connectivity index (χ2n) is 5.07. The average molecular weight is 287 g/mol. The summed E-state index contributed by atoms with van der Waals surface area (Å²) in [6.45, 7) is 5.28. The normalized spacial score (nSPS) is 18.8. The van der Waals surface area contributed by atoms with E-state index >= 15 is 0 Å². The zero-order valence-electron chi connectivity index (χ0n) is 12.0. The molecule has 3 heterocycles. The summed E-state index contributed by atoms with van der Waals surface area (Å²) in [5.74, 6) is 0.562. The first-order valence-corrected chi connectivity index (χ1v) is 6.84. The first-order chi connectivity index (χ1) is 10.2. The van der Waals surface area contributed by atoms with Crippen LogP contribution < -0.4 is 0 Å². The van der Waals surface area contributed by atoms with Crippen LogP contribution in [0.25, 0.3) is 0 Å². The van der Waals surface area contributed by atoms with Crippen molar-refractivity contribution in [3.05, 3.63) is 41.2 Å². The van der Waals surface area contributed by atoms with Crippen molar-refractivity contribution in [1.82, 2.24) is 25.1 Å². The third kappa shape index (κ3) is 2.64. The number of hydrogen-bond donors (Lipinski definition) is 1. The molecule has 7 heteroatoms. The molecule has 2 aromatic rings. The summed E-state index contributed by atoms with van der Waals surface area (Å²) < 4.78 is 5.52. The number of rotatable bonds is 2. The van der Waals surface area contributed by atoms with E-state index in [1.807, 2.05) is 6.92 Å². The van der Waals surface area contributed by atoms with Gasteiger partial charge in [0, 0.05) is 18.9 Å². The number of carbonyl (C=O) groups excluding carboxylic acids is 1. The van der Waals surface area contributed by atoms with Crippen LogP contribution in [0.2, 0.25) is 0 Å². The number of aromatic amines is 1.